The van der Waals surface area contributed by atoms with Crippen LogP contribution in [0.25, 0.3) is 0 Å². The SMILES string of the molecule is Cc1nc(Nc2ccc(NC(=O)COCc3ccccc3)cc2)cc(N(C)C)n1. The first-order chi connectivity index (χ1) is 14.0. The van der Waals surface area contributed by atoms with Crippen LogP contribution in [0.4, 0.5) is 23.0 Å². The smallest absolute Gasteiger partial charge is 0.250 e. The van der Waals surface area contributed by atoms with Crippen molar-refractivity contribution in [3.8, 4) is 0 Å². The van der Waals surface area contributed by atoms with E-state index in [1.165, 1.54) is 0 Å². The van der Waals surface area contributed by atoms with E-state index in [4.69, 9.17) is 4.74 Å². The van der Waals surface area contributed by atoms with Crippen LogP contribution >= 0.6 is 0 Å². The molecule has 7 heteroatoms. The van der Waals surface area contributed by atoms with Crippen LogP contribution in [0.1, 0.15) is 11.4 Å². The van der Waals surface area contributed by atoms with Crippen molar-refractivity contribution in [2.24, 2.45) is 0 Å². The first-order valence-electron chi connectivity index (χ1n) is 9.31. The molecule has 1 heterocycles. The summed E-state index contributed by atoms with van der Waals surface area (Å²) < 4.78 is 5.46. The summed E-state index contributed by atoms with van der Waals surface area (Å²) >= 11 is 0. The molecule has 150 valence electrons. The molecule has 0 aliphatic carbocycles. The highest BCUT2D eigenvalue weighted by molar-refractivity contribution is 5.91. The fraction of sp³-hybridized carbons (Fsp3) is 0.227. The van der Waals surface area contributed by atoms with Crippen LogP contribution < -0.4 is 15.5 Å². The van der Waals surface area contributed by atoms with Gasteiger partial charge in [-0.05, 0) is 36.8 Å². The van der Waals surface area contributed by atoms with E-state index >= 15 is 0 Å². The fourth-order valence-corrected chi connectivity index (χ4v) is 2.66. The average molecular weight is 391 g/mol. The van der Waals surface area contributed by atoms with Crippen LogP contribution in [0.15, 0.2) is 60.7 Å². The molecule has 0 atom stereocenters. The highest BCUT2D eigenvalue weighted by atomic mass is 16.5. The van der Waals surface area contributed by atoms with E-state index in [1.807, 2.05) is 86.6 Å². The maximum absolute atomic E-state index is 12.0. The number of amides is 1. The van der Waals surface area contributed by atoms with Crippen LogP contribution in [0.3, 0.4) is 0 Å². The minimum absolute atomic E-state index is 0.00240. The van der Waals surface area contributed by atoms with Gasteiger partial charge in [0, 0.05) is 31.5 Å². The largest absolute Gasteiger partial charge is 0.367 e. The van der Waals surface area contributed by atoms with Crippen molar-refractivity contribution in [2.75, 3.05) is 36.2 Å². The number of aryl methyl sites for hydroxylation is 1. The number of carbonyl (C=O) groups excluding carboxylic acids is 1. The zero-order valence-electron chi connectivity index (χ0n) is 16.8. The van der Waals surface area contributed by atoms with Gasteiger partial charge in [0.25, 0.3) is 0 Å². The quantitative estimate of drug-likeness (QED) is 0.609. The van der Waals surface area contributed by atoms with Gasteiger partial charge in [-0.1, -0.05) is 30.3 Å². The molecule has 29 heavy (non-hydrogen) atoms. The molecule has 1 aromatic heterocycles. The lowest BCUT2D eigenvalue weighted by Gasteiger charge is -2.14. The predicted molar refractivity (Wildman–Crippen MR) is 116 cm³/mol. The van der Waals surface area contributed by atoms with Crippen LogP contribution in [-0.2, 0) is 16.1 Å². The molecule has 0 spiro atoms. The lowest BCUT2D eigenvalue weighted by atomic mass is 10.2. The molecule has 0 aliphatic rings. The second-order valence-corrected chi connectivity index (χ2v) is 6.78. The third-order valence-electron chi connectivity index (χ3n) is 4.07. The molecule has 1 amide bonds. The predicted octanol–water partition coefficient (Wildman–Crippen LogP) is 3.75. The number of nitrogens with one attached hydrogen (secondary N) is 2. The second-order valence-electron chi connectivity index (χ2n) is 6.78. The number of carbonyl (C=O) groups is 1. The second kappa shape index (κ2) is 9.66. The Morgan fingerprint density at radius 2 is 1.69 bits per heavy atom. The zero-order chi connectivity index (χ0) is 20.6. The molecule has 0 saturated heterocycles. The van der Waals surface area contributed by atoms with Crippen molar-refractivity contribution in [3.63, 3.8) is 0 Å². The van der Waals surface area contributed by atoms with Gasteiger partial charge in [0.2, 0.25) is 5.91 Å². The number of ether oxygens (including phenoxy) is 1. The fourth-order valence-electron chi connectivity index (χ4n) is 2.66. The molecule has 2 aromatic carbocycles. The summed E-state index contributed by atoms with van der Waals surface area (Å²) in [5.74, 6) is 2.05. The van der Waals surface area contributed by atoms with Crippen molar-refractivity contribution in [3.05, 3.63) is 72.1 Å². The zero-order valence-corrected chi connectivity index (χ0v) is 16.8. The maximum atomic E-state index is 12.0. The molecular weight excluding hydrogens is 366 g/mol. The van der Waals surface area contributed by atoms with Crippen molar-refractivity contribution >= 4 is 28.9 Å². The summed E-state index contributed by atoms with van der Waals surface area (Å²) in [6, 6.07) is 19.1. The first kappa shape index (κ1) is 20.3. The molecule has 2 N–H and O–H groups in total. The van der Waals surface area contributed by atoms with Gasteiger partial charge < -0.3 is 20.3 Å². The minimum atomic E-state index is -0.191. The Hall–Kier alpha value is -3.45. The molecule has 0 radical (unpaired) electrons. The van der Waals surface area contributed by atoms with E-state index in [-0.39, 0.29) is 12.5 Å². The van der Waals surface area contributed by atoms with E-state index in [2.05, 4.69) is 20.6 Å². The average Bonchev–Trinajstić information content (AvgIpc) is 2.70. The minimum Gasteiger partial charge on any atom is -0.367 e. The summed E-state index contributed by atoms with van der Waals surface area (Å²) in [7, 11) is 3.87. The summed E-state index contributed by atoms with van der Waals surface area (Å²) in [5, 5.41) is 6.09. The Morgan fingerprint density at radius 1 is 1.00 bits per heavy atom. The number of anilines is 4. The molecule has 0 unspecified atom stereocenters. The highest BCUT2D eigenvalue weighted by Gasteiger charge is 2.06. The lowest BCUT2D eigenvalue weighted by Crippen LogP contribution is -2.18. The molecule has 7 nitrogen and oxygen atoms in total. The Bertz CT molecular complexity index is 943. The van der Waals surface area contributed by atoms with Gasteiger partial charge in [0.15, 0.2) is 0 Å². The maximum Gasteiger partial charge on any atom is 0.250 e. The Kier molecular flexibility index (Phi) is 6.76. The van der Waals surface area contributed by atoms with Crippen molar-refractivity contribution in [1.29, 1.82) is 0 Å². The normalized spacial score (nSPS) is 10.4. The van der Waals surface area contributed by atoms with Crippen molar-refractivity contribution in [1.82, 2.24) is 9.97 Å². The van der Waals surface area contributed by atoms with E-state index < -0.39 is 0 Å². The van der Waals surface area contributed by atoms with Gasteiger partial charge >= 0.3 is 0 Å². The molecule has 3 aromatic rings. The van der Waals surface area contributed by atoms with Crippen LogP contribution in [0.5, 0.6) is 0 Å². The van der Waals surface area contributed by atoms with Gasteiger partial charge in [0.05, 0.1) is 6.61 Å². The van der Waals surface area contributed by atoms with Crippen molar-refractivity contribution < 1.29 is 9.53 Å². The lowest BCUT2D eigenvalue weighted by molar-refractivity contribution is -0.121. The molecular formula is C22H25N5O2. The van der Waals surface area contributed by atoms with Gasteiger partial charge in [-0.3, -0.25) is 4.79 Å². The van der Waals surface area contributed by atoms with E-state index in [0.717, 1.165) is 17.1 Å². The van der Waals surface area contributed by atoms with Crippen LogP contribution in [-0.4, -0.2) is 36.6 Å². The van der Waals surface area contributed by atoms with Gasteiger partial charge in [-0.15, -0.1) is 0 Å². The Morgan fingerprint density at radius 3 is 2.38 bits per heavy atom. The van der Waals surface area contributed by atoms with Crippen LogP contribution in [0.2, 0.25) is 0 Å². The number of nitrogens with zero attached hydrogens (tertiary/aromatic N) is 3. The number of hydrogen-bond donors (Lipinski definition) is 2. The molecule has 0 saturated carbocycles. The van der Waals surface area contributed by atoms with E-state index in [0.29, 0.717) is 23.9 Å². The van der Waals surface area contributed by atoms with E-state index in [1.54, 1.807) is 0 Å². The Balaban J connectivity index is 1.51. The number of aromatic nitrogens is 2. The summed E-state index contributed by atoms with van der Waals surface area (Å²) in [5.41, 5.74) is 2.61. The van der Waals surface area contributed by atoms with E-state index in [9.17, 15) is 4.79 Å². The summed E-state index contributed by atoms with van der Waals surface area (Å²) in [6.07, 6.45) is 0. The molecule has 0 fully saturated rings. The monoisotopic (exact) mass is 391 g/mol. The first-order valence-corrected chi connectivity index (χ1v) is 9.31. The third-order valence-corrected chi connectivity index (χ3v) is 4.07. The topological polar surface area (TPSA) is 79.4 Å². The molecule has 3 rings (SSSR count). The number of rotatable bonds is 8. The number of hydrogen-bond acceptors (Lipinski definition) is 6. The third kappa shape index (κ3) is 6.29. The number of benzene rings is 2. The van der Waals surface area contributed by atoms with Gasteiger partial charge in [-0.25, -0.2) is 9.97 Å². The summed E-state index contributed by atoms with van der Waals surface area (Å²) in [6.45, 7) is 2.27. The standard InChI is InChI=1S/C22H25N5O2/c1-16-23-20(13-21(24-16)27(2)3)25-18-9-11-19(12-10-18)26-22(28)15-29-14-17-7-5-4-6-8-17/h4-13H,14-15H2,1-3H3,(H,26,28)(H,23,24,25). The van der Waals surface area contributed by atoms with Gasteiger partial charge in [0.1, 0.15) is 24.1 Å². The molecule has 0 bridgehead atoms. The highest BCUT2D eigenvalue weighted by Crippen LogP contribution is 2.20. The van der Waals surface area contributed by atoms with Crippen LogP contribution in [0, 0.1) is 6.92 Å². The van der Waals surface area contributed by atoms with Gasteiger partial charge in [-0.2, -0.15) is 0 Å². The Labute approximate surface area is 170 Å². The molecule has 0 aliphatic heterocycles. The summed E-state index contributed by atoms with van der Waals surface area (Å²) in [4.78, 5) is 22.8. The van der Waals surface area contributed by atoms with Crippen molar-refractivity contribution in [2.45, 2.75) is 13.5 Å².